The standard InChI is InChI=1S/C13H19FN2O.ClH/c1-11-10-15-5-6-16(11)7-8-17-13-4-2-3-12(14)9-13;/h2-4,9,11,15H,5-8,10H2,1H3;1H/t11-;/m1./s1. The third-order valence-electron chi connectivity index (χ3n) is 3.08. The predicted octanol–water partition coefficient (Wildman–Crippen LogP) is 1.92. The molecule has 2 rings (SSSR count). The van der Waals surface area contributed by atoms with E-state index in [2.05, 4.69) is 17.1 Å². The molecule has 1 atom stereocenters. The zero-order chi connectivity index (χ0) is 12.1. The van der Waals surface area contributed by atoms with Crippen molar-refractivity contribution < 1.29 is 9.13 Å². The lowest BCUT2D eigenvalue weighted by atomic mass is 10.2. The fraction of sp³-hybridized carbons (Fsp3) is 0.538. The van der Waals surface area contributed by atoms with Crippen molar-refractivity contribution in [3.05, 3.63) is 30.1 Å². The third kappa shape index (κ3) is 4.44. The smallest absolute Gasteiger partial charge is 0.126 e. The minimum atomic E-state index is -0.252. The van der Waals surface area contributed by atoms with E-state index >= 15 is 0 Å². The largest absolute Gasteiger partial charge is 0.492 e. The number of hydrogen-bond donors (Lipinski definition) is 1. The topological polar surface area (TPSA) is 24.5 Å². The average Bonchev–Trinajstić information content (AvgIpc) is 2.32. The van der Waals surface area contributed by atoms with Crippen LogP contribution in [0.15, 0.2) is 24.3 Å². The quantitative estimate of drug-likeness (QED) is 0.908. The number of piperazine rings is 1. The van der Waals surface area contributed by atoms with Crippen molar-refractivity contribution in [1.82, 2.24) is 10.2 Å². The molecule has 1 aromatic carbocycles. The highest BCUT2D eigenvalue weighted by atomic mass is 35.5. The molecule has 1 aromatic rings. The summed E-state index contributed by atoms with van der Waals surface area (Å²) in [6, 6.07) is 6.83. The van der Waals surface area contributed by atoms with Gasteiger partial charge >= 0.3 is 0 Å². The molecule has 0 spiro atoms. The number of hydrogen-bond acceptors (Lipinski definition) is 3. The molecule has 0 aromatic heterocycles. The number of halogens is 2. The maximum absolute atomic E-state index is 12.9. The van der Waals surface area contributed by atoms with Crippen LogP contribution in [0.25, 0.3) is 0 Å². The zero-order valence-corrected chi connectivity index (χ0v) is 11.4. The van der Waals surface area contributed by atoms with Crippen LogP contribution in [0.4, 0.5) is 4.39 Å². The molecule has 18 heavy (non-hydrogen) atoms. The molecule has 0 saturated carbocycles. The molecule has 102 valence electrons. The Morgan fingerprint density at radius 1 is 1.50 bits per heavy atom. The highest BCUT2D eigenvalue weighted by Crippen LogP contribution is 2.12. The van der Waals surface area contributed by atoms with Gasteiger partial charge in [-0.3, -0.25) is 4.90 Å². The van der Waals surface area contributed by atoms with Gasteiger partial charge in [0, 0.05) is 38.3 Å². The highest BCUT2D eigenvalue weighted by molar-refractivity contribution is 5.85. The van der Waals surface area contributed by atoms with E-state index in [4.69, 9.17) is 4.74 Å². The first kappa shape index (κ1) is 15.2. The van der Waals surface area contributed by atoms with Crippen LogP contribution in [0, 0.1) is 5.82 Å². The van der Waals surface area contributed by atoms with Crippen LogP contribution in [0.2, 0.25) is 0 Å². The number of benzene rings is 1. The van der Waals surface area contributed by atoms with Gasteiger partial charge in [0.05, 0.1) is 0 Å². The van der Waals surface area contributed by atoms with Crippen LogP contribution in [-0.4, -0.2) is 43.7 Å². The van der Waals surface area contributed by atoms with Gasteiger partial charge in [-0.05, 0) is 19.1 Å². The number of nitrogens with zero attached hydrogens (tertiary/aromatic N) is 1. The molecular weight excluding hydrogens is 255 g/mol. The Morgan fingerprint density at radius 2 is 2.33 bits per heavy atom. The van der Waals surface area contributed by atoms with Gasteiger partial charge in [-0.15, -0.1) is 12.4 Å². The summed E-state index contributed by atoms with van der Waals surface area (Å²) >= 11 is 0. The van der Waals surface area contributed by atoms with Crippen molar-refractivity contribution in [2.75, 3.05) is 32.8 Å². The molecule has 1 heterocycles. The molecule has 0 bridgehead atoms. The molecule has 1 aliphatic rings. The molecule has 1 N–H and O–H groups in total. The van der Waals surface area contributed by atoms with Gasteiger partial charge in [0.25, 0.3) is 0 Å². The SMILES string of the molecule is C[C@@H]1CNCCN1CCOc1cccc(F)c1.Cl. The van der Waals surface area contributed by atoms with E-state index in [0.717, 1.165) is 26.2 Å². The van der Waals surface area contributed by atoms with E-state index in [9.17, 15) is 4.39 Å². The first-order valence-corrected chi connectivity index (χ1v) is 6.09. The van der Waals surface area contributed by atoms with Crippen molar-refractivity contribution in [1.29, 1.82) is 0 Å². The molecular formula is C13H20ClFN2O. The van der Waals surface area contributed by atoms with Crippen LogP contribution < -0.4 is 10.1 Å². The highest BCUT2D eigenvalue weighted by Gasteiger charge is 2.16. The van der Waals surface area contributed by atoms with Crippen molar-refractivity contribution >= 4 is 12.4 Å². The van der Waals surface area contributed by atoms with Crippen LogP contribution in [-0.2, 0) is 0 Å². The fourth-order valence-electron chi connectivity index (χ4n) is 2.05. The Hall–Kier alpha value is -0.840. The van der Waals surface area contributed by atoms with Gasteiger partial charge in [0.15, 0.2) is 0 Å². The molecule has 1 saturated heterocycles. The Kier molecular flexibility index (Phi) is 6.39. The third-order valence-corrected chi connectivity index (χ3v) is 3.08. The van der Waals surface area contributed by atoms with Gasteiger partial charge in [0.1, 0.15) is 18.2 Å². The first-order valence-electron chi connectivity index (χ1n) is 6.09. The van der Waals surface area contributed by atoms with E-state index in [1.54, 1.807) is 12.1 Å². The van der Waals surface area contributed by atoms with Gasteiger partial charge in [-0.1, -0.05) is 6.07 Å². The lowest BCUT2D eigenvalue weighted by molar-refractivity contribution is 0.143. The van der Waals surface area contributed by atoms with Crippen LogP contribution in [0.3, 0.4) is 0 Å². The molecule has 3 nitrogen and oxygen atoms in total. The van der Waals surface area contributed by atoms with Crippen LogP contribution in [0.1, 0.15) is 6.92 Å². The lowest BCUT2D eigenvalue weighted by Crippen LogP contribution is -2.50. The van der Waals surface area contributed by atoms with E-state index in [-0.39, 0.29) is 18.2 Å². The van der Waals surface area contributed by atoms with Crippen LogP contribution >= 0.6 is 12.4 Å². The number of rotatable bonds is 4. The summed E-state index contributed by atoms with van der Waals surface area (Å²) in [4.78, 5) is 2.38. The van der Waals surface area contributed by atoms with Crippen molar-refractivity contribution in [3.8, 4) is 5.75 Å². The average molecular weight is 275 g/mol. The molecule has 5 heteroatoms. The second-order valence-electron chi connectivity index (χ2n) is 4.39. The maximum atomic E-state index is 12.9. The lowest BCUT2D eigenvalue weighted by Gasteiger charge is -2.33. The summed E-state index contributed by atoms with van der Waals surface area (Å²) in [5.74, 6) is 0.353. The number of nitrogens with one attached hydrogen (secondary N) is 1. The fourth-order valence-corrected chi connectivity index (χ4v) is 2.05. The predicted molar refractivity (Wildman–Crippen MR) is 73.0 cm³/mol. The van der Waals surface area contributed by atoms with E-state index in [1.807, 2.05) is 0 Å². The Morgan fingerprint density at radius 3 is 3.06 bits per heavy atom. The summed E-state index contributed by atoms with van der Waals surface area (Å²) in [7, 11) is 0. The molecule has 1 aliphatic heterocycles. The maximum Gasteiger partial charge on any atom is 0.126 e. The van der Waals surface area contributed by atoms with Gasteiger partial charge in [-0.25, -0.2) is 4.39 Å². The van der Waals surface area contributed by atoms with Crippen molar-refractivity contribution in [2.24, 2.45) is 0 Å². The van der Waals surface area contributed by atoms with E-state index in [1.165, 1.54) is 12.1 Å². The first-order chi connectivity index (χ1) is 8.25. The second-order valence-corrected chi connectivity index (χ2v) is 4.39. The molecule has 0 aliphatic carbocycles. The minimum Gasteiger partial charge on any atom is -0.492 e. The molecule has 1 fully saturated rings. The van der Waals surface area contributed by atoms with E-state index in [0.29, 0.717) is 18.4 Å². The summed E-state index contributed by atoms with van der Waals surface area (Å²) in [6.07, 6.45) is 0. The van der Waals surface area contributed by atoms with Crippen LogP contribution in [0.5, 0.6) is 5.75 Å². The van der Waals surface area contributed by atoms with Gasteiger partial charge in [-0.2, -0.15) is 0 Å². The van der Waals surface area contributed by atoms with Gasteiger partial charge in [0.2, 0.25) is 0 Å². The van der Waals surface area contributed by atoms with Crippen molar-refractivity contribution in [2.45, 2.75) is 13.0 Å². The molecule has 0 unspecified atom stereocenters. The second kappa shape index (κ2) is 7.56. The summed E-state index contributed by atoms with van der Waals surface area (Å²) in [5.41, 5.74) is 0. The zero-order valence-electron chi connectivity index (χ0n) is 10.6. The van der Waals surface area contributed by atoms with E-state index < -0.39 is 0 Å². The summed E-state index contributed by atoms with van der Waals surface area (Å²) < 4.78 is 18.4. The Labute approximate surface area is 114 Å². The summed E-state index contributed by atoms with van der Waals surface area (Å²) in [5, 5.41) is 3.35. The number of ether oxygens (including phenoxy) is 1. The minimum absolute atomic E-state index is 0. The Balaban J connectivity index is 0.00000162. The molecule has 0 radical (unpaired) electrons. The Bertz CT molecular complexity index is 365. The summed E-state index contributed by atoms with van der Waals surface area (Å²) in [6.45, 7) is 6.81. The van der Waals surface area contributed by atoms with Gasteiger partial charge < -0.3 is 10.1 Å². The normalized spacial score (nSPS) is 20.2. The molecule has 0 amide bonds. The monoisotopic (exact) mass is 274 g/mol. The van der Waals surface area contributed by atoms with Crippen molar-refractivity contribution in [3.63, 3.8) is 0 Å².